The van der Waals surface area contributed by atoms with Gasteiger partial charge in [-0.25, -0.2) is 4.98 Å². The van der Waals surface area contributed by atoms with E-state index in [9.17, 15) is 0 Å². The fourth-order valence-electron chi connectivity index (χ4n) is 4.93. The Balaban J connectivity index is 1.34. The molecule has 0 amide bonds. The molecule has 0 atom stereocenters. The van der Waals surface area contributed by atoms with Crippen molar-refractivity contribution in [1.82, 2.24) is 40.4 Å². The summed E-state index contributed by atoms with van der Waals surface area (Å²) in [6.45, 7) is 0.765. The Labute approximate surface area is 191 Å². The molecule has 5 aromatic rings. The monoisotopic (exact) mass is 436 g/mol. The first-order valence-electron chi connectivity index (χ1n) is 11.5. The van der Waals surface area contributed by atoms with Gasteiger partial charge in [0.05, 0.1) is 17.9 Å². The lowest BCUT2D eigenvalue weighted by Gasteiger charge is -2.22. The van der Waals surface area contributed by atoms with Crippen LogP contribution in [0.2, 0.25) is 0 Å². The Morgan fingerprint density at radius 2 is 1.67 bits per heavy atom. The molecule has 33 heavy (non-hydrogen) atoms. The van der Waals surface area contributed by atoms with Crippen LogP contribution in [-0.4, -0.2) is 40.4 Å². The van der Waals surface area contributed by atoms with Crippen LogP contribution < -0.4 is 0 Å². The molecular weight excluding hydrogens is 412 g/mol. The molecule has 1 aliphatic carbocycles. The number of H-pyrrole nitrogens is 1. The molecule has 1 saturated carbocycles. The first-order valence-corrected chi connectivity index (χ1v) is 11.5. The number of rotatable bonds is 5. The maximum absolute atomic E-state index is 4.98. The average molecular weight is 437 g/mol. The zero-order valence-corrected chi connectivity index (χ0v) is 18.2. The van der Waals surface area contributed by atoms with E-state index in [4.69, 9.17) is 4.98 Å². The van der Waals surface area contributed by atoms with E-state index in [0.29, 0.717) is 11.7 Å². The van der Waals surface area contributed by atoms with Gasteiger partial charge in [-0.1, -0.05) is 67.8 Å². The Kier molecular flexibility index (Phi) is 5.10. The summed E-state index contributed by atoms with van der Waals surface area (Å²) in [5.74, 6) is 2.27. The summed E-state index contributed by atoms with van der Waals surface area (Å²) in [5, 5.41) is 22.7. The third kappa shape index (κ3) is 3.77. The number of hydrogen-bond donors (Lipinski definition) is 1. The van der Waals surface area contributed by atoms with Crippen molar-refractivity contribution in [3.8, 4) is 22.5 Å². The second-order valence-electron chi connectivity index (χ2n) is 8.63. The van der Waals surface area contributed by atoms with Crippen molar-refractivity contribution in [3.63, 3.8) is 0 Å². The van der Waals surface area contributed by atoms with Crippen molar-refractivity contribution in [1.29, 1.82) is 0 Å². The van der Waals surface area contributed by atoms with Crippen molar-refractivity contribution >= 4 is 11.0 Å². The number of aromatic nitrogens is 8. The number of hydrogen-bond acceptors (Lipinski definition) is 6. The quantitative estimate of drug-likeness (QED) is 0.426. The van der Waals surface area contributed by atoms with Crippen molar-refractivity contribution in [2.45, 2.75) is 44.6 Å². The molecule has 0 unspecified atom stereocenters. The van der Waals surface area contributed by atoms with E-state index < -0.39 is 0 Å². The Morgan fingerprint density at radius 1 is 0.879 bits per heavy atom. The van der Waals surface area contributed by atoms with Gasteiger partial charge in [-0.2, -0.15) is 15.4 Å². The third-order valence-electron chi connectivity index (χ3n) is 6.58. The van der Waals surface area contributed by atoms with Crippen LogP contribution in [0.5, 0.6) is 0 Å². The number of nitrogens with one attached hydrogen (secondary N) is 1. The van der Waals surface area contributed by atoms with Crippen LogP contribution in [0.25, 0.3) is 33.5 Å². The Hall–Kier alpha value is -3.94. The van der Waals surface area contributed by atoms with Gasteiger partial charge >= 0.3 is 0 Å². The van der Waals surface area contributed by atoms with E-state index >= 15 is 0 Å². The molecule has 0 saturated heterocycles. The second-order valence-corrected chi connectivity index (χ2v) is 8.63. The first-order chi connectivity index (χ1) is 16.4. The number of benzene rings is 2. The third-order valence-corrected chi connectivity index (χ3v) is 6.58. The molecule has 0 radical (unpaired) electrons. The summed E-state index contributed by atoms with van der Waals surface area (Å²) in [7, 11) is 0. The van der Waals surface area contributed by atoms with E-state index in [1.54, 1.807) is 6.20 Å². The molecule has 3 heterocycles. The molecule has 0 bridgehead atoms. The van der Waals surface area contributed by atoms with E-state index in [-0.39, 0.29) is 0 Å². The van der Waals surface area contributed by atoms with Gasteiger partial charge in [0.2, 0.25) is 5.82 Å². The van der Waals surface area contributed by atoms with Gasteiger partial charge in [0.1, 0.15) is 11.3 Å². The topological polar surface area (TPSA) is 98.1 Å². The summed E-state index contributed by atoms with van der Waals surface area (Å²) in [4.78, 5) is 4.98. The second kappa shape index (κ2) is 8.54. The van der Waals surface area contributed by atoms with Crippen LogP contribution >= 0.6 is 0 Å². The number of nitrogens with zero attached hydrogens (tertiary/aromatic N) is 7. The van der Waals surface area contributed by atoms with Crippen LogP contribution in [-0.2, 0) is 6.54 Å². The minimum absolute atomic E-state index is 0.507. The van der Waals surface area contributed by atoms with Crippen LogP contribution in [0.4, 0.5) is 0 Å². The summed E-state index contributed by atoms with van der Waals surface area (Å²) in [5.41, 5.74) is 6.36. The summed E-state index contributed by atoms with van der Waals surface area (Å²) in [6, 6.07) is 16.8. The standard InChI is InChI=1S/C25H24N8/c1-2-6-19(7-3-1)25-28-22-14-26-27-15-23(22)33(25)16-17-10-12-18(13-11-17)20-8-4-5-9-21(20)24-29-31-32-30-24/h4-5,8-15,19H,1-3,6-7,16H2,(H,29,30,31,32). The molecular formula is C25H24N8. The molecule has 0 spiro atoms. The van der Waals surface area contributed by atoms with E-state index in [1.807, 2.05) is 24.4 Å². The molecule has 1 aliphatic rings. The summed E-state index contributed by atoms with van der Waals surface area (Å²) in [6.07, 6.45) is 9.90. The van der Waals surface area contributed by atoms with Gasteiger partial charge in [-0.15, -0.1) is 10.2 Å². The maximum atomic E-state index is 4.98. The van der Waals surface area contributed by atoms with Crippen molar-refractivity contribution in [2.24, 2.45) is 0 Å². The van der Waals surface area contributed by atoms with Crippen molar-refractivity contribution in [2.75, 3.05) is 0 Å². The van der Waals surface area contributed by atoms with Crippen LogP contribution in [0.15, 0.2) is 60.9 Å². The molecule has 0 aliphatic heterocycles. The zero-order valence-electron chi connectivity index (χ0n) is 18.2. The molecule has 2 aromatic carbocycles. The maximum Gasteiger partial charge on any atom is 0.205 e. The predicted molar refractivity (Wildman–Crippen MR) is 125 cm³/mol. The Bertz CT molecular complexity index is 1370. The SMILES string of the molecule is c1ccc(-c2nn[nH]n2)c(-c2ccc(Cn3c(C4CCCCC4)nc4cnncc43)cc2)c1. The molecule has 8 nitrogen and oxygen atoms in total. The highest BCUT2D eigenvalue weighted by Gasteiger charge is 2.23. The van der Waals surface area contributed by atoms with Crippen LogP contribution in [0.3, 0.4) is 0 Å². The first kappa shape index (κ1) is 19.7. The Morgan fingerprint density at radius 3 is 2.45 bits per heavy atom. The lowest BCUT2D eigenvalue weighted by molar-refractivity contribution is 0.420. The van der Waals surface area contributed by atoms with Crippen molar-refractivity contribution < 1.29 is 0 Å². The molecule has 3 aromatic heterocycles. The van der Waals surface area contributed by atoms with Crippen molar-refractivity contribution in [3.05, 3.63) is 72.3 Å². The van der Waals surface area contributed by atoms with Gasteiger partial charge in [-0.05, 0) is 34.7 Å². The van der Waals surface area contributed by atoms with Gasteiger partial charge < -0.3 is 4.57 Å². The number of fused-ring (bicyclic) bond motifs is 1. The van der Waals surface area contributed by atoms with E-state index in [1.165, 1.54) is 43.5 Å². The average Bonchev–Trinajstić information content (AvgIpc) is 3.54. The molecule has 8 heteroatoms. The fourth-order valence-corrected chi connectivity index (χ4v) is 4.93. The highest BCUT2D eigenvalue weighted by atomic mass is 15.5. The van der Waals surface area contributed by atoms with E-state index in [2.05, 4.69) is 65.7 Å². The van der Waals surface area contributed by atoms with Gasteiger partial charge in [0.15, 0.2) is 0 Å². The molecule has 1 N–H and O–H groups in total. The molecule has 6 rings (SSSR count). The lowest BCUT2D eigenvalue weighted by Crippen LogP contribution is -2.13. The van der Waals surface area contributed by atoms with Gasteiger partial charge in [0.25, 0.3) is 0 Å². The lowest BCUT2D eigenvalue weighted by atomic mass is 9.88. The highest BCUT2D eigenvalue weighted by molar-refractivity contribution is 5.80. The predicted octanol–water partition coefficient (Wildman–Crippen LogP) is 4.77. The van der Waals surface area contributed by atoms with Crippen LogP contribution in [0, 0.1) is 0 Å². The minimum Gasteiger partial charge on any atom is -0.322 e. The smallest absolute Gasteiger partial charge is 0.205 e. The van der Waals surface area contributed by atoms with Crippen LogP contribution in [0.1, 0.15) is 49.4 Å². The number of imidazole rings is 1. The van der Waals surface area contributed by atoms with E-state index in [0.717, 1.165) is 34.3 Å². The largest absolute Gasteiger partial charge is 0.322 e. The number of tetrazole rings is 1. The number of aromatic amines is 1. The zero-order chi connectivity index (χ0) is 22.0. The molecule has 164 valence electrons. The van der Waals surface area contributed by atoms with Gasteiger partial charge in [0, 0.05) is 18.0 Å². The highest BCUT2D eigenvalue weighted by Crippen LogP contribution is 2.34. The summed E-state index contributed by atoms with van der Waals surface area (Å²) < 4.78 is 2.34. The molecule has 1 fully saturated rings. The van der Waals surface area contributed by atoms with Gasteiger partial charge in [-0.3, -0.25) is 0 Å². The minimum atomic E-state index is 0.507. The normalized spacial score (nSPS) is 14.7. The fraction of sp³-hybridized carbons (Fsp3) is 0.280. The summed E-state index contributed by atoms with van der Waals surface area (Å²) >= 11 is 0.